The lowest BCUT2D eigenvalue weighted by Gasteiger charge is -2.11. The molecular formula is C83H72Cl6N8O15S4. The number of methoxy groups -OCH3 is 1. The smallest absolute Gasteiger partial charge is 0.257 e. The Morgan fingerprint density at radius 3 is 0.922 bits per heavy atom. The third-order valence-corrected chi connectivity index (χ3v) is 25.7. The Labute approximate surface area is 700 Å². The average Bonchev–Trinajstić information content (AvgIpc) is 0.812. The largest absolute Gasteiger partial charge is 0.396 e. The fourth-order valence-corrected chi connectivity index (χ4v) is 17.2. The first kappa shape index (κ1) is 89.6. The summed E-state index contributed by atoms with van der Waals surface area (Å²) in [6.07, 6.45) is 7.29. The molecule has 116 heavy (non-hydrogen) atoms. The number of nitrogens with zero attached hydrogens (tertiary/aromatic N) is 4. The summed E-state index contributed by atoms with van der Waals surface area (Å²) in [5.74, 6) is -2.35. The number of pyridine rings is 4. The van der Waals surface area contributed by atoms with Gasteiger partial charge in [-0.3, -0.25) is 39.1 Å². The van der Waals surface area contributed by atoms with Gasteiger partial charge in [0, 0.05) is 94.6 Å². The number of anilines is 4. The minimum absolute atomic E-state index is 0.00133. The van der Waals surface area contributed by atoms with E-state index in [1.54, 1.807) is 122 Å². The van der Waals surface area contributed by atoms with Crippen LogP contribution in [0.1, 0.15) is 61.2 Å². The molecule has 0 unspecified atom stereocenters. The van der Waals surface area contributed by atoms with Crippen molar-refractivity contribution in [2.75, 3.05) is 71.2 Å². The first-order chi connectivity index (χ1) is 55.4. The molecule has 6 N–H and O–H groups in total. The average molecular weight is 1760 g/mol. The molecule has 33 heteroatoms. The van der Waals surface area contributed by atoms with Crippen molar-refractivity contribution in [3.8, 4) is 45.0 Å². The number of rotatable bonds is 26. The van der Waals surface area contributed by atoms with Crippen molar-refractivity contribution in [1.82, 2.24) is 19.9 Å². The molecule has 4 heterocycles. The number of ether oxygens (including phenoxy) is 1. The first-order valence-corrected chi connectivity index (χ1v) is 43.8. The zero-order valence-electron chi connectivity index (χ0n) is 61.5. The highest BCUT2D eigenvalue weighted by molar-refractivity contribution is 7.92. The molecule has 8 aromatic carbocycles. The minimum atomic E-state index is -3.66. The Hall–Kier alpha value is -10.3. The molecule has 12 aromatic rings. The zero-order valence-corrected chi connectivity index (χ0v) is 69.3. The van der Waals surface area contributed by atoms with Crippen LogP contribution in [0, 0.1) is 0 Å². The van der Waals surface area contributed by atoms with Gasteiger partial charge in [0.05, 0.1) is 120 Å². The van der Waals surface area contributed by atoms with Crippen molar-refractivity contribution in [2.45, 2.75) is 39.3 Å². The molecule has 0 fully saturated rings. The van der Waals surface area contributed by atoms with E-state index in [-0.39, 0.29) is 89.5 Å². The number of carbonyl (C=O) groups excluding carboxylic acids is 4. The van der Waals surface area contributed by atoms with Gasteiger partial charge in [0.1, 0.15) is 0 Å². The normalized spacial score (nSPS) is 11.3. The van der Waals surface area contributed by atoms with Crippen molar-refractivity contribution in [1.29, 1.82) is 0 Å². The number of aromatic nitrogens is 4. The highest BCUT2D eigenvalue weighted by atomic mass is 35.5. The van der Waals surface area contributed by atoms with Crippen molar-refractivity contribution in [3.05, 3.63) is 308 Å². The maximum absolute atomic E-state index is 12.7. The van der Waals surface area contributed by atoms with Gasteiger partial charge in [-0.05, 0) is 219 Å². The van der Waals surface area contributed by atoms with Gasteiger partial charge in [0.15, 0.2) is 39.3 Å². The van der Waals surface area contributed by atoms with E-state index in [4.69, 9.17) is 84.6 Å². The lowest BCUT2D eigenvalue weighted by atomic mass is 10.1. The van der Waals surface area contributed by atoms with Crippen LogP contribution < -0.4 is 21.3 Å². The molecule has 12 rings (SSSR count). The van der Waals surface area contributed by atoms with E-state index < -0.39 is 63.5 Å². The van der Waals surface area contributed by atoms with Gasteiger partial charge in [-0.15, -0.1) is 0 Å². The van der Waals surface area contributed by atoms with Gasteiger partial charge < -0.3 is 36.2 Å². The van der Waals surface area contributed by atoms with E-state index >= 15 is 0 Å². The lowest BCUT2D eigenvalue weighted by molar-refractivity contribution is 0.101. The molecule has 0 spiro atoms. The fraction of sp³-hybridized carbons (Fsp3) is 0.133. The summed E-state index contributed by atoms with van der Waals surface area (Å²) < 4.78 is 102. The van der Waals surface area contributed by atoms with E-state index in [0.29, 0.717) is 105 Å². The van der Waals surface area contributed by atoms with Crippen LogP contribution in [0.3, 0.4) is 0 Å². The predicted octanol–water partition coefficient (Wildman–Crippen LogP) is 17.4. The van der Waals surface area contributed by atoms with Crippen LogP contribution >= 0.6 is 69.6 Å². The highest BCUT2D eigenvalue weighted by Crippen LogP contribution is 2.35. The van der Waals surface area contributed by atoms with E-state index in [2.05, 4.69) is 41.2 Å². The predicted molar refractivity (Wildman–Crippen MR) is 455 cm³/mol. The topological polar surface area (TPSA) is 354 Å². The number of amides is 4. The SMILES string of the molecule is CCCS(=O)(=O)c1ccc(C(=O)Nc2ccc(Cl)c(-c3ccccn3)c2)cc1.COCCS(=O)(=O)c1ccc(C(=O)Nc2ccc(Cl)c(-c3ccccn3)c2)cc1.O=C(Nc1ccc(Cl)c(-c2ccccn2)c1)c1ccc(S(=O)(=O)CCCO)cc1Cl.O=C(Nc1ccc(Cl)c(-c2ccccn2)c1)c1ccc(S(=O)(=O)CCO)cc1Cl. The van der Waals surface area contributed by atoms with E-state index in [9.17, 15) is 52.8 Å². The molecule has 0 bridgehead atoms. The number of benzene rings is 8. The number of aliphatic hydroxyl groups excluding tert-OH is 2. The van der Waals surface area contributed by atoms with Gasteiger partial charge in [-0.1, -0.05) is 101 Å². The zero-order chi connectivity index (χ0) is 83.7. The maximum Gasteiger partial charge on any atom is 0.257 e. The molecule has 0 aliphatic rings. The molecule has 23 nitrogen and oxygen atoms in total. The monoisotopic (exact) mass is 1760 g/mol. The van der Waals surface area contributed by atoms with Crippen LogP contribution in [0.2, 0.25) is 30.1 Å². The summed E-state index contributed by atoms with van der Waals surface area (Å²) in [6.45, 7) is 1.19. The van der Waals surface area contributed by atoms with Crippen LogP contribution in [-0.4, -0.2) is 137 Å². The molecule has 600 valence electrons. The fourth-order valence-electron chi connectivity index (χ4n) is 10.8. The third kappa shape index (κ3) is 24.9. The van der Waals surface area contributed by atoms with Crippen molar-refractivity contribution >= 4 is 155 Å². The van der Waals surface area contributed by atoms with Gasteiger partial charge in [-0.25, -0.2) is 33.7 Å². The second-order valence-electron chi connectivity index (χ2n) is 24.9. The Bertz CT molecular complexity index is 5970. The summed E-state index contributed by atoms with van der Waals surface area (Å²) in [5.41, 5.74) is 8.47. The van der Waals surface area contributed by atoms with Crippen molar-refractivity contribution < 1.29 is 67.8 Å². The van der Waals surface area contributed by atoms with Crippen LogP contribution in [0.4, 0.5) is 22.7 Å². The third-order valence-electron chi connectivity index (χ3n) is 16.7. The maximum atomic E-state index is 12.7. The van der Waals surface area contributed by atoms with Gasteiger partial charge in [-0.2, -0.15) is 0 Å². The molecule has 4 aromatic heterocycles. The standard InChI is InChI=1S/C21H18Cl2N2O4S.C21H19ClN2O4S.C21H19ClN2O3S.C20H16Cl2N2O4S/c22-18-8-5-14(12-17(18)20-4-1-2-9-24-20)25-21(27)16-7-6-15(13-19(16)23)30(28,29)11-3-10-26;1-28-12-13-29(26,27)17-8-5-15(6-9-17)21(25)24-16-7-10-19(22)18(14-16)20-4-2-3-11-23-20;1-2-13-28(26,27)17-9-6-15(7-10-17)21(25)24-16-8-11-19(22)18(14-16)20-5-3-4-12-23-20;21-17-7-4-13(11-16(17)19-3-1-2-8-23-19)24-20(26)15-6-5-14(12-18(15)22)29(27,28)10-9-25/h1-2,4-9,12-13,26H,3,10-11H2,(H,25,27);2-11,14H,12-13H2,1H3,(H,24,25);3-12,14H,2,13H2,1H3,(H,24,25);1-8,11-12,25H,9-10H2,(H,24,26). The highest BCUT2D eigenvalue weighted by Gasteiger charge is 2.23. The Morgan fingerprint density at radius 1 is 0.336 bits per heavy atom. The van der Waals surface area contributed by atoms with Gasteiger partial charge in [0.2, 0.25) is 0 Å². The molecule has 0 aliphatic carbocycles. The summed E-state index contributed by atoms with van der Waals surface area (Å²) in [7, 11) is -12.6. The molecule has 0 atom stereocenters. The molecule has 0 aliphatic heterocycles. The number of hydrogen-bond acceptors (Lipinski definition) is 19. The van der Waals surface area contributed by atoms with Gasteiger partial charge >= 0.3 is 0 Å². The van der Waals surface area contributed by atoms with Crippen LogP contribution in [0.15, 0.2) is 275 Å². The van der Waals surface area contributed by atoms with Crippen LogP contribution in [-0.2, 0) is 44.1 Å². The van der Waals surface area contributed by atoms with Crippen molar-refractivity contribution in [3.63, 3.8) is 0 Å². The quantitative estimate of drug-likeness (QED) is 0.0293. The lowest BCUT2D eigenvalue weighted by Crippen LogP contribution is -2.14. The molecular weight excluding hydrogens is 1690 g/mol. The first-order valence-electron chi connectivity index (χ1n) is 34.9. The van der Waals surface area contributed by atoms with E-state index in [1.165, 1.54) is 92.0 Å². The molecule has 0 saturated carbocycles. The van der Waals surface area contributed by atoms with Gasteiger partial charge in [0.25, 0.3) is 23.6 Å². The number of sulfone groups is 4. The Balaban J connectivity index is 0.000000177. The Morgan fingerprint density at radius 2 is 0.638 bits per heavy atom. The molecule has 0 saturated heterocycles. The number of aliphatic hydroxyl groups is 2. The number of hydrogen-bond donors (Lipinski definition) is 6. The Kier molecular flexibility index (Phi) is 32.4. The van der Waals surface area contributed by atoms with Crippen molar-refractivity contribution in [2.24, 2.45) is 0 Å². The second-order valence-corrected chi connectivity index (χ2v) is 35.7. The summed E-state index contributed by atoms with van der Waals surface area (Å²) in [6, 6.07) is 61.6. The number of nitrogens with one attached hydrogen (secondary N) is 4. The van der Waals surface area contributed by atoms with Crippen LogP contribution in [0.5, 0.6) is 0 Å². The van der Waals surface area contributed by atoms with E-state index in [0.717, 1.165) is 0 Å². The molecule has 4 amide bonds. The molecule has 0 radical (unpaired) electrons. The second kappa shape index (κ2) is 42.0. The summed E-state index contributed by atoms with van der Waals surface area (Å²) in [5, 5.41) is 30.8. The number of halogens is 6. The van der Waals surface area contributed by atoms with Crippen LogP contribution in [0.25, 0.3) is 45.0 Å². The number of carbonyl (C=O) groups is 4. The summed E-state index contributed by atoms with van der Waals surface area (Å²) in [4.78, 5) is 67.8. The minimum Gasteiger partial charge on any atom is -0.396 e. The van der Waals surface area contributed by atoms with E-state index in [1.807, 2.05) is 55.5 Å². The summed E-state index contributed by atoms with van der Waals surface area (Å²) >= 11 is 37.3.